The number of anilines is 2. The summed E-state index contributed by atoms with van der Waals surface area (Å²) >= 11 is 0. The van der Waals surface area contributed by atoms with E-state index >= 15 is 0 Å². The average molecular weight is 324 g/mol. The molecule has 0 spiro atoms. The minimum Gasteiger partial charge on any atom is -0.495 e. The van der Waals surface area contributed by atoms with Crippen molar-refractivity contribution in [3.8, 4) is 5.75 Å². The highest BCUT2D eigenvalue weighted by atomic mass is 16.5. The summed E-state index contributed by atoms with van der Waals surface area (Å²) in [6.07, 6.45) is 3.08. The molecule has 122 valence electrons. The van der Waals surface area contributed by atoms with Crippen LogP contribution < -0.4 is 15.4 Å². The normalized spacial score (nSPS) is 10.2. The van der Waals surface area contributed by atoms with Crippen molar-refractivity contribution in [1.29, 1.82) is 0 Å². The van der Waals surface area contributed by atoms with Gasteiger partial charge in [0.05, 0.1) is 25.6 Å². The maximum absolute atomic E-state index is 12.2. The predicted molar refractivity (Wildman–Crippen MR) is 88.2 cm³/mol. The van der Waals surface area contributed by atoms with Gasteiger partial charge in [-0.25, -0.2) is 9.97 Å². The summed E-state index contributed by atoms with van der Waals surface area (Å²) in [5.74, 6) is 1.33. The fourth-order valence-corrected chi connectivity index (χ4v) is 2.08. The summed E-state index contributed by atoms with van der Waals surface area (Å²) in [4.78, 5) is 20.5. The number of ether oxygens (including phenoxy) is 1. The van der Waals surface area contributed by atoms with E-state index in [4.69, 9.17) is 9.15 Å². The summed E-state index contributed by atoms with van der Waals surface area (Å²) < 4.78 is 10.4. The van der Waals surface area contributed by atoms with Crippen molar-refractivity contribution in [1.82, 2.24) is 15.3 Å². The standard InChI is InChI=1S/C17H16N4O3/c1-23-15-7-3-2-6-13(15)20-17-18-9-8-14(21-17)16(22)19-11-12-5-4-10-24-12/h2-10H,11H2,1H3,(H,19,22)(H,18,20,21). The van der Waals surface area contributed by atoms with Crippen LogP contribution in [0.5, 0.6) is 5.75 Å². The molecule has 24 heavy (non-hydrogen) atoms. The molecule has 0 saturated heterocycles. The van der Waals surface area contributed by atoms with Crippen LogP contribution >= 0.6 is 0 Å². The lowest BCUT2D eigenvalue weighted by atomic mass is 10.3. The Labute approximate surface area is 138 Å². The number of rotatable bonds is 6. The average Bonchev–Trinajstić information content (AvgIpc) is 3.14. The second-order valence-electron chi connectivity index (χ2n) is 4.85. The number of hydrogen-bond acceptors (Lipinski definition) is 6. The molecular weight excluding hydrogens is 308 g/mol. The van der Waals surface area contributed by atoms with Crippen LogP contribution in [0.1, 0.15) is 16.2 Å². The Morgan fingerprint density at radius 3 is 2.88 bits per heavy atom. The number of nitrogens with zero attached hydrogens (tertiary/aromatic N) is 2. The SMILES string of the molecule is COc1ccccc1Nc1nccc(C(=O)NCc2ccco2)n1. The van der Waals surface area contributed by atoms with Gasteiger partial charge in [0.2, 0.25) is 5.95 Å². The van der Waals surface area contributed by atoms with E-state index < -0.39 is 0 Å². The number of amides is 1. The predicted octanol–water partition coefficient (Wildman–Crippen LogP) is 2.75. The van der Waals surface area contributed by atoms with Gasteiger partial charge in [0.25, 0.3) is 5.91 Å². The van der Waals surface area contributed by atoms with Crippen molar-refractivity contribution in [2.24, 2.45) is 0 Å². The third-order valence-corrected chi connectivity index (χ3v) is 3.24. The summed E-state index contributed by atoms with van der Waals surface area (Å²) in [7, 11) is 1.58. The van der Waals surface area contributed by atoms with Gasteiger partial charge in [-0.1, -0.05) is 12.1 Å². The van der Waals surface area contributed by atoms with Gasteiger partial charge < -0.3 is 19.8 Å². The zero-order valence-electron chi connectivity index (χ0n) is 13.0. The second kappa shape index (κ2) is 7.28. The fourth-order valence-electron chi connectivity index (χ4n) is 2.08. The van der Waals surface area contributed by atoms with Crippen LogP contribution in [0.25, 0.3) is 0 Å². The van der Waals surface area contributed by atoms with Crippen molar-refractivity contribution in [3.63, 3.8) is 0 Å². The Kier molecular flexibility index (Phi) is 4.71. The molecular formula is C17H16N4O3. The quantitative estimate of drug-likeness (QED) is 0.725. The molecule has 3 aromatic rings. The van der Waals surface area contributed by atoms with Gasteiger partial charge >= 0.3 is 0 Å². The van der Waals surface area contributed by atoms with Crippen LogP contribution in [-0.4, -0.2) is 23.0 Å². The van der Waals surface area contributed by atoms with Crippen LogP contribution in [0.2, 0.25) is 0 Å². The molecule has 0 aliphatic carbocycles. The first-order valence-electron chi connectivity index (χ1n) is 7.30. The van der Waals surface area contributed by atoms with E-state index in [1.165, 1.54) is 6.20 Å². The molecule has 7 heteroatoms. The number of furan rings is 1. The number of carbonyl (C=O) groups is 1. The number of hydrogen-bond donors (Lipinski definition) is 2. The number of aromatic nitrogens is 2. The van der Waals surface area contributed by atoms with Crippen molar-refractivity contribution < 1.29 is 13.9 Å². The Bertz CT molecular complexity index is 818. The van der Waals surface area contributed by atoms with Gasteiger partial charge in [0.1, 0.15) is 17.2 Å². The van der Waals surface area contributed by atoms with Crippen molar-refractivity contribution in [2.75, 3.05) is 12.4 Å². The second-order valence-corrected chi connectivity index (χ2v) is 4.85. The number of carbonyl (C=O) groups excluding carboxylic acids is 1. The van der Waals surface area contributed by atoms with E-state index in [1.54, 1.807) is 31.6 Å². The highest BCUT2D eigenvalue weighted by Crippen LogP contribution is 2.25. The number of methoxy groups -OCH3 is 1. The molecule has 3 rings (SSSR count). The van der Waals surface area contributed by atoms with Gasteiger partial charge in [-0.2, -0.15) is 0 Å². The smallest absolute Gasteiger partial charge is 0.270 e. The first-order valence-corrected chi connectivity index (χ1v) is 7.30. The molecule has 2 aromatic heterocycles. The van der Waals surface area contributed by atoms with E-state index in [0.717, 1.165) is 0 Å². The summed E-state index contributed by atoms with van der Waals surface area (Å²) in [6.45, 7) is 0.297. The largest absolute Gasteiger partial charge is 0.495 e. The Balaban J connectivity index is 1.70. The molecule has 7 nitrogen and oxygen atoms in total. The van der Waals surface area contributed by atoms with Crippen LogP contribution in [-0.2, 0) is 6.54 Å². The molecule has 0 aliphatic rings. The molecule has 2 heterocycles. The molecule has 1 amide bonds. The van der Waals surface area contributed by atoms with Crippen LogP contribution in [0, 0.1) is 0 Å². The highest BCUT2D eigenvalue weighted by Gasteiger charge is 2.10. The van der Waals surface area contributed by atoms with E-state index in [2.05, 4.69) is 20.6 Å². The molecule has 0 aliphatic heterocycles. The first kappa shape index (κ1) is 15.5. The lowest BCUT2D eigenvalue weighted by Gasteiger charge is -2.10. The minimum absolute atomic E-state index is 0.258. The zero-order chi connectivity index (χ0) is 16.8. The van der Waals surface area contributed by atoms with Crippen LogP contribution in [0.4, 0.5) is 11.6 Å². The van der Waals surface area contributed by atoms with Gasteiger partial charge in [-0.15, -0.1) is 0 Å². The number of nitrogens with one attached hydrogen (secondary N) is 2. The van der Waals surface area contributed by atoms with Crippen LogP contribution in [0.15, 0.2) is 59.3 Å². The van der Waals surface area contributed by atoms with E-state index in [9.17, 15) is 4.79 Å². The molecule has 0 bridgehead atoms. The highest BCUT2D eigenvalue weighted by molar-refractivity contribution is 5.92. The molecule has 0 saturated carbocycles. The van der Waals surface area contributed by atoms with Crippen molar-refractivity contribution in [2.45, 2.75) is 6.54 Å². The van der Waals surface area contributed by atoms with Gasteiger partial charge in [0, 0.05) is 6.20 Å². The molecule has 2 N–H and O–H groups in total. The lowest BCUT2D eigenvalue weighted by Crippen LogP contribution is -2.24. The number of para-hydroxylation sites is 2. The Morgan fingerprint density at radius 1 is 1.21 bits per heavy atom. The number of benzene rings is 1. The van der Waals surface area contributed by atoms with Crippen LogP contribution in [0.3, 0.4) is 0 Å². The molecule has 0 radical (unpaired) electrons. The van der Waals surface area contributed by atoms with Crippen molar-refractivity contribution >= 4 is 17.5 Å². The summed E-state index contributed by atoms with van der Waals surface area (Å²) in [5, 5.41) is 5.78. The van der Waals surface area contributed by atoms with E-state index in [0.29, 0.717) is 29.7 Å². The topological polar surface area (TPSA) is 89.3 Å². The van der Waals surface area contributed by atoms with Gasteiger partial charge in [-0.05, 0) is 30.3 Å². The molecule has 0 atom stereocenters. The molecule has 0 fully saturated rings. The van der Waals surface area contributed by atoms with E-state index in [-0.39, 0.29) is 11.6 Å². The first-order chi connectivity index (χ1) is 11.8. The zero-order valence-corrected chi connectivity index (χ0v) is 13.0. The third kappa shape index (κ3) is 3.70. The Hall–Kier alpha value is -3.35. The lowest BCUT2D eigenvalue weighted by molar-refractivity contribution is 0.0943. The maximum atomic E-state index is 12.2. The fraction of sp³-hybridized carbons (Fsp3) is 0.118. The monoisotopic (exact) mass is 324 g/mol. The molecule has 1 aromatic carbocycles. The molecule has 0 unspecified atom stereocenters. The minimum atomic E-state index is -0.308. The maximum Gasteiger partial charge on any atom is 0.270 e. The van der Waals surface area contributed by atoms with Gasteiger partial charge in [-0.3, -0.25) is 4.79 Å². The Morgan fingerprint density at radius 2 is 2.08 bits per heavy atom. The third-order valence-electron chi connectivity index (χ3n) is 3.24. The van der Waals surface area contributed by atoms with Gasteiger partial charge in [0.15, 0.2) is 0 Å². The van der Waals surface area contributed by atoms with Crippen molar-refractivity contribution in [3.05, 3.63) is 66.4 Å². The summed E-state index contributed by atoms with van der Waals surface area (Å²) in [5.41, 5.74) is 0.974. The van der Waals surface area contributed by atoms with E-state index in [1.807, 2.05) is 24.3 Å². The summed E-state index contributed by atoms with van der Waals surface area (Å²) in [6, 6.07) is 12.5.